The molecule has 0 spiro atoms. The highest BCUT2D eigenvalue weighted by Crippen LogP contribution is 2.62. The van der Waals surface area contributed by atoms with Gasteiger partial charge in [0.1, 0.15) is 0 Å². The largest absolute Gasteiger partial charge is 0.308 e. The SMILES string of the molecule is CCc1ccc(CNC2C(C)(C)[C@H]3CC[C@]2(C)C3)s1. The smallest absolute Gasteiger partial charge is 0.0302 e. The molecule has 1 unspecified atom stereocenters. The highest BCUT2D eigenvalue weighted by Gasteiger charge is 2.58. The van der Waals surface area contributed by atoms with E-state index < -0.39 is 0 Å². The van der Waals surface area contributed by atoms with E-state index in [1.165, 1.54) is 35.4 Å². The second-order valence-corrected chi connectivity index (χ2v) is 8.70. The summed E-state index contributed by atoms with van der Waals surface area (Å²) in [6.45, 7) is 10.8. The van der Waals surface area contributed by atoms with Crippen molar-refractivity contribution in [2.75, 3.05) is 0 Å². The standard InChI is InChI=1S/C17H27NS/c1-5-13-6-7-14(19-13)11-18-15-16(2,3)12-8-9-17(15,4)10-12/h6-7,12,15,18H,5,8-11H2,1-4H3/t12-,15?,17+/m0/s1. The lowest BCUT2D eigenvalue weighted by atomic mass is 9.68. The van der Waals surface area contributed by atoms with Gasteiger partial charge in [-0.2, -0.15) is 0 Å². The molecule has 106 valence electrons. The zero-order valence-corrected chi connectivity index (χ0v) is 13.6. The van der Waals surface area contributed by atoms with Crippen molar-refractivity contribution in [3.63, 3.8) is 0 Å². The Balaban J connectivity index is 1.69. The molecule has 2 bridgehead atoms. The lowest BCUT2D eigenvalue weighted by Crippen LogP contribution is -2.49. The highest BCUT2D eigenvalue weighted by atomic mass is 32.1. The Morgan fingerprint density at radius 2 is 2.00 bits per heavy atom. The molecule has 0 radical (unpaired) electrons. The summed E-state index contributed by atoms with van der Waals surface area (Å²) in [5.41, 5.74) is 1.01. The van der Waals surface area contributed by atoms with Crippen molar-refractivity contribution >= 4 is 11.3 Å². The molecule has 2 fully saturated rings. The van der Waals surface area contributed by atoms with Crippen molar-refractivity contribution in [1.82, 2.24) is 5.32 Å². The average molecular weight is 277 g/mol. The fourth-order valence-electron chi connectivity index (χ4n) is 4.72. The maximum Gasteiger partial charge on any atom is 0.0302 e. The molecule has 0 aliphatic heterocycles. The van der Waals surface area contributed by atoms with Gasteiger partial charge in [-0.1, -0.05) is 27.7 Å². The fourth-order valence-corrected chi connectivity index (χ4v) is 5.63. The van der Waals surface area contributed by atoms with Crippen molar-refractivity contribution in [3.05, 3.63) is 21.9 Å². The Kier molecular flexibility index (Phi) is 3.30. The van der Waals surface area contributed by atoms with E-state index in [9.17, 15) is 0 Å². The lowest BCUT2D eigenvalue weighted by molar-refractivity contribution is 0.108. The molecule has 0 amide bonds. The van der Waals surface area contributed by atoms with Crippen LogP contribution in [-0.2, 0) is 13.0 Å². The fraction of sp³-hybridized carbons (Fsp3) is 0.765. The molecule has 2 aliphatic rings. The van der Waals surface area contributed by atoms with Crippen LogP contribution in [0, 0.1) is 16.7 Å². The summed E-state index contributed by atoms with van der Waals surface area (Å²) >= 11 is 1.97. The van der Waals surface area contributed by atoms with Gasteiger partial charge >= 0.3 is 0 Å². The lowest BCUT2D eigenvalue weighted by Gasteiger charge is -2.43. The van der Waals surface area contributed by atoms with E-state index in [2.05, 4.69) is 45.1 Å². The van der Waals surface area contributed by atoms with Gasteiger partial charge in [-0.3, -0.25) is 0 Å². The topological polar surface area (TPSA) is 12.0 Å². The van der Waals surface area contributed by atoms with Crippen LogP contribution < -0.4 is 5.32 Å². The summed E-state index contributed by atoms with van der Waals surface area (Å²) in [6.07, 6.45) is 5.46. The van der Waals surface area contributed by atoms with Gasteiger partial charge in [0.25, 0.3) is 0 Å². The van der Waals surface area contributed by atoms with Gasteiger partial charge in [0.15, 0.2) is 0 Å². The molecule has 1 N–H and O–H groups in total. The maximum absolute atomic E-state index is 3.91. The van der Waals surface area contributed by atoms with Crippen molar-refractivity contribution < 1.29 is 0 Å². The van der Waals surface area contributed by atoms with E-state index in [-0.39, 0.29) is 0 Å². The Labute approximate surface area is 121 Å². The monoisotopic (exact) mass is 277 g/mol. The summed E-state index contributed by atoms with van der Waals surface area (Å²) < 4.78 is 0. The number of aryl methyl sites for hydroxylation is 1. The molecule has 1 aromatic heterocycles. The van der Waals surface area contributed by atoms with Crippen LogP contribution in [0.3, 0.4) is 0 Å². The average Bonchev–Trinajstić information content (AvgIpc) is 2.99. The number of rotatable bonds is 4. The molecular formula is C17H27NS. The molecule has 0 saturated heterocycles. The van der Waals surface area contributed by atoms with Gasteiger partial charge in [-0.25, -0.2) is 0 Å². The summed E-state index contributed by atoms with van der Waals surface area (Å²) in [5.74, 6) is 0.935. The van der Waals surface area contributed by atoms with Crippen LogP contribution >= 0.6 is 11.3 Å². The molecule has 0 aromatic carbocycles. The van der Waals surface area contributed by atoms with Crippen LogP contribution in [0.25, 0.3) is 0 Å². The predicted octanol–water partition coefficient (Wildman–Crippen LogP) is 4.61. The molecule has 3 atom stereocenters. The first kappa shape index (κ1) is 13.6. The zero-order chi connectivity index (χ0) is 13.7. The first-order valence-electron chi connectivity index (χ1n) is 7.77. The summed E-state index contributed by atoms with van der Waals surface area (Å²) in [6, 6.07) is 5.28. The van der Waals surface area contributed by atoms with E-state index in [1.807, 2.05) is 11.3 Å². The second kappa shape index (κ2) is 4.60. The minimum absolute atomic E-state index is 0.470. The van der Waals surface area contributed by atoms with Gasteiger partial charge in [0, 0.05) is 22.3 Å². The van der Waals surface area contributed by atoms with Crippen molar-refractivity contribution in [1.29, 1.82) is 0 Å². The molecule has 2 aliphatic carbocycles. The Bertz CT molecular complexity index is 457. The molecule has 3 rings (SSSR count). The van der Waals surface area contributed by atoms with Gasteiger partial charge in [0.2, 0.25) is 0 Å². The predicted molar refractivity (Wildman–Crippen MR) is 83.6 cm³/mol. The van der Waals surface area contributed by atoms with Crippen LogP contribution in [0.15, 0.2) is 12.1 Å². The zero-order valence-electron chi connectivity index (χ0n) is 12.8. The number of hydrogen-bond donors (Lipinski definition) is 1. The van der Waals surface area contributed by atoms with Crippen LogP contribution in [0.5, 0.6) is 0 Å². The molecular weight excluding hydrogens is 250 g/mol. The summed E-state index contributed by atoms with van der Waals surface area (Å²) in [4.78, 5) is 3.01. The Morgan fingerprint density at radius 3 is 2.58 bits per heavy atom. The number of hydrogen-bond acceptors (Lipinski definition) is 2. The van der Waals surface area contributed by atoms with Gasteiger partial charge < -0.3 is 5.32 Å². The molecule has 19 heavy (non-hydrogen) atoms. The van der Waals surface area contributed by atoms with Crippen molar-refractivity contribution in [3.8, 4) is 0 Å². The number of fused-ring (bicyclic) bond motifs is 2. The first-order valence-corrected chi connectivity index (χ1v) is 8.58. The van der Waals surface area contributed by atoms with E-state index in [0.29, 0.717) is 16.9 Å². The first-order chi connectivity index (χ1) is 8.95. The third-order valence-corrected chi connectivity index (χ3v) is 7.05. The third-order valence-electron chi connectivity index (χ3n) is 5.82. The normalized spacial score (nSPS) is 36.0. The van der Waals surface area contributed by atoms with Gasteiger partial charge in [-0.05, 0) is 54.6 Å². The summed E-state index contributed by atoms with van der Waals surface area (Å²) in [5, 5.41) is 3.91. The van der Waals surface area contributed by atoms with Crippen LogP contribution in [-0.4, -0.2) is 6.04 Å². The quantitative estimate of drug-likeness (QED) is 0.847. The Hall–Kier alpha value is -0.340. The molecule has 1 nitrogen and oxygen atoms in total. The Morgan fingerprint density at radius 1 is 1.26 bits per heavy atom. The van der Waals surface area contributed by atoms with E-state index in [0.717, 1.165) is 12.5 Å². The second-order valence-electron chi connectivity index (χ2n) is 7.45. The van der Waals surface area contributed by atoms with Crippen molar-refractivity contribution in [2.45, 2.75) is 66.0 Å². The van der Waals surface area contributed by atoms with Gasteiger partial charge in [0.05, 0.1) is 0 Å². The molecule has 2 heteroatoms. The minimum Gasteiger partial charge on any atom is -0.308 e. The molecule has 2 saturated carbocycles. The van der Waals surface area contributed by atoms with Gasteiger partial charge in [-0.15, -0.1) is 11.3 Å². The summed E-state index contributed by atoms with van der Waals surface area (Å²) in [7, 11) is 0. The molecule has 1 heterocycles. The minimum atomic E-state index is 0.470. The van der Waals surface area contributed by atoms with E-state index in [1.54, 1.807) is 0 Å². The number of nitrogens with one attached hydrogen (secondary N) is 1. The van der Waals surface area contributed by atoms with Crippen LogP contribution in [0.4, 0.5) is 0 Å². The van der Waals surface area contributed by atoms with Crippen molar-refractivity contribution in [2.24, 2.45) is 16.7 Å². The van der Waals surface area contributed by atoms with Crippen LogP contribution in [0.2, 0.25) is 0 Å². The van der Waals surface area contributed by atoms with E-state index >= 15 is 0 Å². The molecule has 1 aromatic rings. The van der Waals surface area contributed by atoms with E-state index in [4.69, 9.17) is 0 Å². The number of thiophene rings is 1. The maximum atomic E-state index is 3.91. The van der Waals surface area contributed by atoms with Crippen LogP contribution in [0.1, 0.15) is 56.7 Å². The highest BCUT2D eigenvalue weighted by molar-refractivity contribution is 7.11. The third kappa shape index (κ3) is 2.17.